The second-order valence-corrected chi connectivity index (χ2v) is 4.33. The molecule has 0 heterocycles. The fourth-order valence-electron chi connectivity index (χ4n) is 1.95. The van der Waals surface area contributed by atoms with Gasteiger partial charge in [0.05, 0.1) is 16.9 Å². The van der Waals surface area contributed by atoms with Gasteiger partial charge in [0, 0.05) is 12.1 Å². The van der Waals surface area contributed by atoms with Gasteiger partial charge in [0.25, 0.3) is 5.69 Å². The second kappa shape index (κ2) is 5.93. The van der Waals surface area contributed by atoms with Crippen molar-refractivity contribution in [1.82, 2.24) is 0 Å². The Morgan fingerprint density at radius 3 is 2.40 bits per heavy atom. The van der Waals surface area contributed by atoms with Crippen molar-refractivity contribution < 1.29 is 9.31 Å². The summed E-state index contributed by atoms with van der Waals surface area (Å²) in [6.07, 6.45) is 0.237. The first-order chi connectivity index (χ1) is 9.61. The fraction of sp³-hybridized carbons (Fsp3) is 0.133. The van der Waals surface area contributed by atoms with Gasteiger partial charge in [-0.15, -0.1) is 0 Å². The Bertz CT molecular complexity index is 662. The van der Waals surface area contributed by atoms with Crippen LogP contribution in [0.2, 0.25) is 0 Å². The van der Waals surface area contributed by atoms with Gasteiger partial charge in [-0.05, 0) is 23.6 Å². The molecule has 20 heavy (non-hydrogen) atoms. The van der Waals surface area contributed by atoms with Gasteiger partial charge in [0.2, 0.25) is 0 Å². The molecule has 0 saturated carbocycles. The number of nitrogens with zero attached hydrogens (tertiary/aromatic N) is 2. The van der Waals surface area contributed by atoms with E-state index < -0.39 is 10.8 Å². The molecule has 100 valence electrons. The maximum atomic E-state index is 13.6. The first-order valence-electron chi connectivity index (χ1n) is 5.99. The molecular formula is C15H11FN2O2. The maximum absolute atomic E-state index is 13.6. The molecule has 2 rings (SSSR count). The van der Waals surface area contributed by atoms with Crippen LogP contribution in [0.1, 0.15) is 17.0 Å². The molecular weight excluding hydrogens is 259 g/mol. The first kappa shape index (κ1) is 13.7. The summed E-state index contributed by atoms with van der Waals surface area (Å²) in [5.74, 6) is -0.887. The highest BCUT2D eigenvalue weighted by molar-refractivity contribution is 5.37. The van der Waals surface area contributed by atoms with Crippen molar-refractivity contribution in [3.63, 3.8) is 0 Å². The molecule has 0 aliphatic heterocycles. The molecule has 0 N–H and O–H groups in total. The van der Waals surface area contributed by atoms with Gasteiger partial charge in [-0.25, -0.2) is 4.39 Å². The Labute approximate surface area is 115 Å². The predicted molar refractivity (Wildman–Crippen MR) is 71.6 cm³/mol. The third-order valence-electron chi connectivity index (χ3n) is 3.04. The molecule has 0 fully saturated rings. The van der Waals surface area contributed by atoms with Crippen LogP contribution in [-0.2, 0) is 6.42 Å². The Kier molecular flexibility index (Phi) is 4.06. The van der Waals surface area contributed by atoms with Crippen molar-refractivity contribution in [2.45, 2.75) is 12.3 Å². The molecule has 5 heteroatoms. The molecule has 0 saturated heterocycles. The minimum absolute atomic E-state index is 0.0312. The topological polar surface area (TPSA) is 66.9 Å². The van der Waals surface area contributed by atoms with Crippen molar-refractivity contribution in [2.24, 2.45) is 0 Å². The molecule has 0 radical (unpaired) electrons. The molecule has 1 atom stereocenters. The summed E-state index contributed by atoms with van der Waals surface area (Å²) < 4.78 is 13.6. The average Bonchev–Trinajstić information content (AvgIpc) is 2.46. The lowest BCUT2D eigenvalue weighted by Gasteiger charge is -2.10. The predicted octanol–water partition coefficient (Wildman–Crippen LogP) is 3.58. The van der Waals surface area contributed by atoms with Gasteiger partial charge in [-0.1, -0.05) is 30.3 Å². The van der Waals surface area contributed by atoms with E-state index in [1.54, 1.807) is 18.2 Å². The minimum Gasteiger partial charge on any atom is -0.258 e. The van der Waals surface area contributed by atoms with Gasteiger partial charge < -0.3 is 0 Å². The minimum atomic E-state index is -0.535. The van der Waals surface area contributed by atoms with E-state index >= 15 is 0 Å². The summed E-state index contributed by atoms with van der Waals surface area (Å²) in [5, 5.41) is 19.8. The number of hydrogen-bond donors (Lipinski definition) is 0. The van der Waals surface area contributed by atoms with Crippen molar-refractivity contribution in [3.05, 3.63) is 75.6 Å². The molecule has 0 aliphatic rings. The highest BCUT2D eigenvalue weighted by Gasteiger charge is 2.15. The molecule has 1 unspecified atom stereocenters. The number of rotatable bonds is 4. The number of benzene rings is 2. The van der Waals surface area contributed by atoms with E-state index in [2.05, 4.69) is 6.07 Å². The third-order valence-corrected chi connectivity index (χ3v) is 3.04. The van der Waals surface area contributed by atoms with Crippen LogP contribution in [0.4, 0.5) is 10.1 Å². The zero-order chi connectivity index (χ0) is 14.5. The summed E-state index contributed by atoms with van der Waals surface area (Å²) >= 11 is 0. The Hall–Kier alpha value is -2.74. The number of non-ortho nitro benzene ring substituents is 1. The van der Waals surface area contributed by atoms with Gasteiger partial charge in [0.15, 0.2) is 0 Å². The van der Waals surface area contributed by atoms with E-state index in [-0.39, 0.29) is 17.9 Å². The summed E-state index contributed by atoms with van der Waals surface area (Å²) in [6.45, 7) is 0. The summed E-state index contributed by atoms with van der Waals surface area (Å²) in [5.41, 5.74) is 1.06. The number of nitro groups is 1. The molecule has 0 bridgehead atoms. The van der Waals surface area contributed by atoms with Crippen molar-refractivity contribution >= 4 is 5.69 Å². The third kappa shape index (κ3) is 2.98. The SMILES string of the molecule is N#CC(Cc1ccccc1F)c1ccc([N+](=O)[O-])cc1. The molecule has 4 nitrogen and oxygen atoms in total. The Balaban J connectivity index is 2.23. The van der Waals surface area contributed by atoms with Crippen LogP contribution in [0.25, 0.3) is 0 Å². The van der Waals surface area contributed by atoms with Crippen LogP contribution in [-0.4, -0.2) is 4.92 Å². The van der Waals surface area contributed by atoms with Crippen LogP contribution in [0.5, 0.6) is 0 Å². The Morgan fingerprint density at radius 1 is 1.20 bits per heavy atom. The summed E-state index contributed by atoms with van der Waals surface area (Å²) in [4.78, 5) is 10.1. The standard InChI is InChI=1S/C15H11FN2O2/c16-15-4-2-1-3-12(15)9-13(10-17)11-5-7-14(8-6-11)18(19)20/h1-8,13H,9H2. The molecule has 2 aromatic carbocycles. The number of hydrogen-bond acceptors (Lipinski definition) is 3. The van der Waals surface area contributed by atoms with Crippen LogP contribution in [0.3, 0.4) is 0 Å². The van der Waals surface area contributed by atoms with E-state index in [0.717, 1.165) is 0 Å². The van der Waals surface area contributed by atoms with Crippen molar-refractivity contribution in [2.75, 3.05) is 0 Å². The number of nitriles is 1. The number of halogens is 1. The summed E-state index contributed by atoms with van der Waals surface area (Å²) in [7, 11) is 0. The highest BCUT2D eigenvalue weighted by Crippen LogP contribution is 2.23. The van der Waals surface area contributed by atoms with Crippen LogP contribution in [0.15, 0.2) is 48.5 Å². The quantitative estimate of drug-likeness (QED) is 0.630. The highest BCUT2D eigenvalue weighted by atomic mass is 19.1. The second-order valence-electron chi connectivity index (χ2n) is 4.33. The van der Waals surface area contributed by atoms with Crippen molar-refractivity contribution in [3.8, 4) is 6.07 Å². The number of nitro benzene ring substituents is 1. The largest absolute Gasteiger partial charge is 0.269 e. The first-order valence-corrected chi connectivity index (χ1v) is 5.99. The zero-order valence-corrected chi connectivity index (χ0v) is 10.5. The van der Waals surface area contributed by atoms with E-state index in [1.807, 2.05) is 0 Å². The van der Waals surface area contributed by atoms with Gasteiger partial charge >= 0.3 is 0 Å². The molecule has 2 aromatic rings. The molecule has 0 amide bonds. The molecule has 0 aliphatic carbocycles. The lowest BCUT2D eigenvalue weighted by Crippen LogP contribution is -2.02. The van der Waals surface area contributed by atoms with E-state index in [4.69, 9.17) is 0 Å². The molecule has 0 aromatic heterocycles. The Morgan fingerprint density at radius 2 is 1.85 bits per heavy atom. The van der Waals surface area contributed by atoms with Crippen LogP contribution < -0.4 is 0 Å². The van der Waals surface area contributed by atoms with E-state index in [9.17, 15) is 19.8 Å². The lowest BCUT2D eigenvalue weighted by molar-refractivity contribution is -0.384. The maximum Gasteiger partial charge on any atom is 0.269 e. The smallest absolute Gasteiger partial charge is 0.258 e. The zero-order valence-electron chi connectivity index (χ0n) is 10.5. The van der Waals surface area contributed by atoms with E-state index in [0.29, 0.717) is 11.1 Å². The van der Waals surface area contributed by atoms with Gasteiger partial charge in [-0.3, -0.25) is 10.1 Å². The average molecular weight is 270 g/mol. The summed E-state index contributed by atoms with van der Waals surface area (Å²) in [6, 6.07) is 14.1. The van der Waals surface area contributed by atoms with Gasteiger partial charge in [0.1, 0.15) is 5.82 Å². The van der Waals surface area contributed by atoms with Gasteiger partial charge in [-0.2, -0.15) is 5.26 Å². The van der Waals surface area contributed by atoms with E-state index in [1.165, 1.54) is 30.3 Å². The normalized spacial score (nSPS) is 11.6. The monoisotopic (exact) mass is 270 g/mol. The fourth-order valence-corrected chi connectivity index (χ4v) is 1.95. The molecule has 0 spiro atoms. The lowest BCUT2D eigenvalue weighted by atomic mass is 9.93. The van der Waals surface area contributed by atoms with Crippen LogP contribution in [0, 0.1) is 27.3 Å². The van der Waals surface area contributed by atoms with Crippen LogP contribution >= 0.6 is 0 Å². The van der Waals surface area contributed by atoms with Crippen molar-refractivity contribution in [1.29, 1.82) is 5.26 Å².